The van der Waals surface area contributed by atoms with Crippen LogP contribution in [0, 0.1) is 0 Å². The summed E-state index contributed by atoms with van der Waals surface area (Å²) in [5, 5.41) is 9.06. The number of thioether (sulfide) groups is 1. The third kappa shape index (κ3) is 3.49. The Labute approximate surface area is 111 Å². The molecule has 1 aromatic carbocycles. The Morgan fingerprint density at radius 2 is 2.06 bits per heavy atom. The fraction of sp³-hybridized carbons (Fsp3) is 0.417. The Bertz CT molecular complexity index is 535. The quantitative estimate of drug-likeness (QED) is 0.867. The van der Waals surface area contributed by atoms with Crippen LogP contribution in [-0.2, 0) is 16.3 Å². The second-order valence-corrected chi connectivity index (χ2v) is 6.88. The SMILES string of the molecule is CCc1ccc(S(=O)(=O)CCSC)cc1C(=O)O. The maximum atomic E-state index is 12.0. The second kappa shape index (κ2) is 6.24. The largest absolute Gasteiger partial charge is 0.478 e. The number of carbonyl (C=O) groups is 1. The van der Waals surface area contributed by atoms with Crippen LogP contribution in [0.4, 0.5) is 0 Å². The fourth-order valence-electron chi connectivity index (χ4n) is 1.57. The van der Waals surface area contributed by atoms with Gasteiger partial charge in [0.15, 0.2) is 9.84 Å². The van der Waals surface area contributed by atoms with Gasteiger partial charge in [-0.1, -0.05) is 13.0 Å². The average molecular weight is 288 g/mol. The van der Waals surface area contributed by atoms with E-state index in [-0.39, 0.29) is 16.2 Å². The molecule has 0 fully saturated rings. The minimum absolute atomic E-state index is 0.0265. The molecule has 0 spiro atoms. The zero-order valence-corrected chi connectivity index (χ0v) is 12.0. The number of carboxylic acid groups (broad SMARTS) is 1. The minimum Gasteiger partial charge on any atom is -0.478 e. The summed E-state index contributed by atoms with van der Waals surface area (Å²) < 4.78 is 23.9. The summed E-state index contributed by atoms with van der Waals surface area (Å²) in [6.07, 6.45) is 2.39. The predicted molar refractivity (Wildman–Crippen MR) is 73.2 cm³/mol. The highest BCUT2D eigenvalue weighted by Crippen LogP contribution is 2.18. The van der Waals surface area contributed by atoms with Crippen LogP contribution in [0.1, 0.15) is 22.8 Å². The van der Waals surface area contributed by atoms with Crippen molar-refractivity contribution < 1.29 is 18.3 Å². The van der Waals surface area contributed by atoms with Gasteiger partial charge in [0.25, 0.3) is 0 Å². The zero-order valence-electron chi connectivity index (χ0n) is 10.3. The maximum Gasteiger partial charge on any atom is 0.336 e. The first kappa shape index (κ1) is 15.0. The van der Waals surface area contributed by atoms with Gasteiger partial charge >= 0.3 is 5.97 Å². The Morgan fingerprint density at radius 3 is 2.56 bits per heavy atom. The van der Waals surface area contributed by atoms with Crippen molar-refractivity contribution in [2.24, 2.45) is 0 Å². The second-order valence-electron chi connectivity index (χ2n) is 3.79. The number of rotatable bonds is 6. The van der Waals surface area contributed by atoms with Gasteiger partial charge in [-0.05, 0) is 30.4 Å². The van der Waals surface area contributed by atoms with Crippen LogP contribution in [0.15, 0.2) is 23.1 Å². The lowest BCUT2D eigenvalue weighted by atomic mass is 10.1. The lowest BCUT2D eigenvalue weighted by Crippen LogP contribution is -2.11. The molecule has 4 nitrogen and oxygen atoms in total. The van der Waals surface area contributed by atoms with Gasteiger partial charge in [-0.2, -0.15) is 11.8 Å². The number of hydrogen-bond acceptors (Lipinski definition) is 4. The van der Waals surface area contributed by atoms with Crippen molar-refractivity contribution in [1.29, 1.82) is 0 Å². The van der Waals surface area contributed by atoms with Gasteiger partial charge in [0.1, 0.15) is 0 Å². The third-order valence-electron chi connectivity index (χ3n) is 2.61. The first-order valence-corrected chi connectivity index (χ1v) is 8.55. The van der Waals surface area contributed by atoms with Crippen molar-refractivity contribution >= 4 is 27.6 Å². The molecule has 100 valence electrons. The molecule has 0 bridgehead atoms. The van der Waals surface area contributed by atoms with E-state index in [0.29, 0.717) is 17.7 Å². The molecule has 1 aromatic rings. The summed E-state index contributed by atoms with van der Waals surface area (Å²) in [7, 11) is -3.39. The van der Waals surface area contributed by atoms with E-state index in [4.69, 9.17) is 5.11 Å². The number of benzene rings is 1. The topological polar surface area (TPSA) is 71.4 Å². The van der Waals surface area contributed by atoms with Crippen LogP contribution in [-0.4, -0.2) is 37.3 Å². The molecule has 0 saturated heterocycles. The average Bonchev–Trinajstić information content (AvgIpc) is 2.35. The van der Waals surface area contributed by atoms with Crippen LogP contribution in [0.3, 0.4) is 0 Å². The molecule has 0 aliphatic heterocycles. The summed E-state index contributed by atoms with van der Waals surface area (Å²) in [4.78, 5) is 11.2. The Hall–Kier alpha value is -1.01. The molecule has 0 saturated carbocycles. The van der Waals surface area contributed by atoms with E-state index < -0.39 is 15.8 Å². The van der Waals surface area contributed by atoms with Gasteiger partial charge in [-0.15, -0.1) is 0 Å². The predicted octanol–water partition coefficient (Wildman–Crippen LogP) is 2.08. The summed E-state index contributed by atoms with van der Waals surface area (Å²) in [6, 6.07) is 4.33. The third-order valence-corrected chi connectivity index (χ3v) is 5.19. The van der Waals surface area contributed by atoms with E-state index in [1.54, 1.807) is 6.07 Å². The number of aromatic carboxylic acids is 1. The highest BCUT2D eigenvalue weighted by molar-refractivity contribution is 8.00. The van der Waals surface area contributed by atoms with E-state index >= 15 is 0 Å². The Morgan fingerprint density at radius 1 is 1.39 bits per heavy atom. The van der Waals surface area contributed by atoms with Gasteiger partial charge in [0, 0.05) is 5.75 Å². The highest BCUT2D eigenvalue weighted by Gasteiger charge is 2.18. The normalized spacial score (nSPS) is 11.4. The van der Waals surface area contributed by atoms with Crippen molar-refractivity contribution in [3.05, 3.63) is 29.3 Å². The van der Waals surface area contributed by atoms with E-state index in [1.165, 1.54) is 23.9 Å². The molecule has 0 unspecified atom stereocenters. The molecule has 0 radical (unpaired) electrons. The molecular weight excluding hydrogens is 272 g/mol. The van der Waals surface area contributed by atoms with Crippen LogP contribution < -0.4 is 0 Å². The lowest BCUT2D eigenvalue weighted by molar-refractivity contribution is 0.0695. The van der Waals surface area contributed by atoms with Crippen molar-refractivity contribution in [2.45, 2.75) is 18.2 Å². The molecule has 1 rings (SSSR count). The first-order chi connectivity index (χ1) is 8.42. The summed E-state index contributed by atoms with van der Waals surface area (Å²) in [6.45, 7) is 1.84. The van der Waals surface area contributed by atoms with E-state index in [1.807, 2.05) is 13.2 Å². The molecule has 6 heteroatoms. The number of hydrogen-bond donors (Lipinski definition) is 1. The molecule has 0 atom stereocenters. The van der Waals surface area contributed by atoms with E-state index in [0.717, 1.165) is 0 Å². The Kier molecular flexibility index (Phi) is 5.22. The minimum atomic E-state index is -3.39. The zero-order chi connectivity index (χ0) is 13.8. The highest BCUT2D eigenvalue weighted by atomic mass is 32.2. The lowest BCUT2D eigenvalue weighted by Gasteiger charge is -2.08. The van der Waals surface area contributed by atoms with Crippen molar-refractivity contribution in [3.8, 4) is 0 Å². The summed E-state index contributed by atoms with van der Waals surface area (Å²) in [5.41, 5.74) is 0.717. The molecule has 1 N–H and O–H groups in total. The van der Waals surface area contributed by atoms with Crippen LogP contribution in [0.5, 0.6) is 0 Å². The monoisotopic (exact) mass is 288 g/mol. The Balaban J connectivity index is 3.20. The van der Waals surface area contributed by atoms with E-state index in [9.17, 15) is 13.2 Å². The van der Waals surface area contributed by atoms with Gasteiger partial charge in [0.2, 0.25) is 0 Å². The van der Waals surface area contributed by atoms with Gasteiger partial charge in [-0.3, -0.25) is 0 Å². The van der Waals surface area contributed by atoms with Crippen molar-refractivity contribution in [1.82, 2.24) is 0 Å². The fourth-order valence-corrected chi connectivity index (χ4v) is 3.92. The summed E-state index contributed by atoms with van der Waals surface area (Å²) >= 11 is 1.45. The van der Waals surface area contributed by atoms with Crippen LogP contribution in [0.25, 0.3) is 0 Å². The smallest absolute Gasteiger partial charge is 0.336 e. The molecule has 0 heterocycles. The van der Waals surface area contributed by atoms with E-state index in [2.05, 4.69) is 0 Å². The molecule has 0 aromatic heterocycles. The van der Waals surface area contributed by atoms with Gasteiger partial charge < -0.3 is 5.11 Å². The standard InChI is InChI=1S/C12H16O4S2/c1-3-9-4-5-10(8-11(9)12(13)14)18(15,16)7-6-17-2/h4-5,8H,3,6-7H2,1-2H3,(H,13,14). The van der Waals surface area contributed by atoms with Crippen LogP contribution in [0.2, 0.25) is 0 Å². The number of aryl methyl sites for hydroxylation is 1. The molecule has 18 heavy (non-hydrogen) atoms. The van der Waals surface area contributed by atoms with Crippen molar-refractivity contribution in [3.63, 3.8) is 0 Å². The molecule has 0 aliphatic carbocycles. The van der Waals surface area contributed by atoms with Crippen LogP contribution >= 0.6 is 11.8 Å². The first-order valence-electron chi connectivity index (χ1n) is 5.50. The van der Waals surface area contributed by atoms with Crippen molar-refractivity contribution in [2.75, 3.05) is 17.8 Å². The maximum absolute atomic E-state index is 12.0. The van der Waals surface area contributed by atoms with Gasteiger partial charge in [0.05, 0.1) is 16.2 Å². The molecule has 0 amide bonds. The summed E-state index contributed by atoms with van der Waals surface area (Å²) in [5.74, 6) is -0.562. The number of sulfone groups is 1. The number of carboxylic acids is 1. The van der Waals surface area contributed by atoms with Gasteiger partial charge in [-0.25, -0.2) is 13.2 Å². The molecular formula is C12H16O4S2. The molecule has 0 aliphatic rings.